The van der Waals surface area contributed by atoms with Crippen molar-refractivity contribution >= 4 is 33.6 Å². The van der Waals surface area contributed by atoms with Gasteiger partial charge in [-0.2, -0.15) is 15.3 Å². The molecule has 6 rings (SSSR count). The van der Waals surface area contributed by atoms with Crippen molar-refractivity contribution < 1.29 is 13.2 Å². The largest absolute Gasteiger partial charge is 0.365 e. The zero-order valence-electron chi connectivity index (χ0n) is 27.4. The molecule has 2 amide bonds. The Kier molecular flexibility index (Phi) is 10.3. The highest BCUT2D eigenvalue weighted by atomic mass is 32.2. The molecule has 0 radical (unpaired) electrons. The number of carbonyl (C=O) groups excluding carboxylic acids is 1. The van der Waals surface area contributed by atoms with Crippen molar-refractivity contribution in [1.29, 1.82) is 5.26 Å². The molecule has 14 nitrogen and oxygen atoms in total. The Labute approximate surface area is 290 Å². The predicted molar refractivity (Wildman–Crippen MR) is 189 cm³/mol. The van der Waals surface area contributed by atoms with Gasteiger partial charge in [0, 0.05) is 55.7 Å². The van der Waals surface area contributed by atoms with E-state index in [1.165, 1.54) is 18.3 Å². The molecule has 0 unspecified atom stereocenters. The Morgan fingerprint density at radius 1 is 0.940 bits per heavy atom. The van der Waals surface area contributed by atoms with Gasteiger partial charge in [0.25, 0.3) is 0 Å². The van der Waals surface area contributed by atoms with Crippen molar-refractivity contribution in [1.82, 2.24) is 30.0 Å². The van der Waals surface area contributed by atoms with Crippen LogP contribution in [0.4, 0.5) is 22.4 Å². The van der Waals surface area contributed by atoms with Crippen LogP contribution in [-0.4, -0.2) is 51.3 Å². The van der Waals surface area contributed by atoms with Gasteiger partial charge >= 0.3 is 6.03 Å². The third kappa shape index (κ3) is 8.41. The molecule has 2 aromatic carbocycles. The lowest BCUT2D eigenvalue weighted by molar-refractivity contribution is 0.240. The van der Waals surface area contributed by atoms with E-state index >= 15 is 0 Å². The van der Waals surface area contributed by atoms with Gasteiger partial charge in [0.2, 0.25) is 16.0 Å². The monoisotopic (exact) mass is 691 g/mol. The van der Waals surface area contributed by atoms with Crippen LogP contribution in [0.25, 0.3) is 11.1 Å². The first-order valence-electron chi connectivity index (χ1n) is 16.1. The Balaban J connectivity index is 1.11. The van der Waals surface area contributed by atoms with Gasteiger partial charge in [-0.25, -0.2) is 28.3 Å². The summed E-state index contributed by atoms with van der Waals surface area (Å²) in [4.78, 5) is 29.2. The van der Waals surface area contributed by atoms with Crippen molar-refractivity contribution in [2.24, 2.45) is 12.2 Å². The molecule has 15 heteroatoms. The molecule has 1 aliphatic rings. The Morgan fingerprint density at radius 2 is 1.68 bits per heavy atom. The number of nitriles is 1. The molecule has 0 bridgehead atoms. The number of aryl methyl sites for hydroxylation is 1. The number of hydrogen-bond donors (Lipinski definition) is 4. The summed E-state index contributed by atoms with van der Waals surface area (Å²) in [5, 5.41) is 28.7. The zero-order valence-corrected chi connectivity index (χ0v) is 28.2. The van der Waals surface area contributed by atoms with Crippen molar-refractivity contribution in [3.63, 3.8) is 0 Å². The number of nitrogens with one attached hydrogen (secondary N) is 3. The molecule has 1 saturated carbocycles. The summed E-state index contributed by atoms with van der Waals surface area (Å²) < 4.78 is 24.9. The Morgan fingerprint density at radius 3 is 2.32 bits per heavy atom. The number of sulfonamides is 1. The number of carbonyl (C=O) groups is 1. The van der Waals surface area contributed by atoms with E-state index in [9.17, 15) is 18.5 Å². The van der Waals surface area contributed by atoms with E-state index in [4.69, 9.17) is 10.1 Å². The number of nitrogens with two attached hydrogens (primary N) is 1. The third-order valence-corrected chi connectivity index (χ3v) is 9.48. The van der Waals surface area contributed by atoms with Gasteiger partial charge < -0.3 is 16.0 Å². The fourth-order valence-electron chi connectivity index (χ4n) is 5.90. The summed E-state index contributed by atoms with van der Waals surface area (Å²) >= 11 is 0. The minimum Gasteiger partial charge on any atom is -0.365 e. The quantitative estimate of drug-likeness (QED) is 0.153. The topological polar surface area (TPSA) is 197 Å². The molecule has 3 aromatic heterocycles. The smallest absolute Gasteiger partial charge is 0.323 e. The highest BCUT2D eigenvalue weighted by molar-refractivity contribution is 7.89. The van der Waals surface area contributed by atoms with Crippen LogP contribution in [0.1, 0.15) is 42.4 Å². The lowest BCUT2D eigenvalue weighted by Gasteiger charge is -2.36. The van der Waals surface area contributed by atoms with Crippen LogP contribution < -0.4 is 26.0 Å². The van der Waals surface area contributed by atoms with Crippen LogP contribution in [0, 0.1) is 11.3 Å². The maximum atomic E-state index is 13.7. The molecule has 3 heterocycles. The van der Waals surface area contributed by atoms with E-state index in [1.54, 1.807) is 34.1 Å². The molecule has 5 aromatic rings. The second kappa shape index (κ2) is 15.1. The Hall–Kier alpha value is -5.85. The molecule has 0 atom stereocenters. The molecule has 0 saturated heterocycles. The second-order valence-electron chi connectivity index (χ2n) is 12.1. The summed E-state index contributed by atoms with van der Waals surface area (Å²) in [5.41, 5.74) is 3.92. The standard InChI is InChI=1S/C35H37N11O3S/c1-45-23-28(22-42-45)26-9-16-32(38-20-26)46(35(47)41-19-24-5-3-2-4-6-24)30-12-10-29(11-13-30)43-34-40-21-27(17-36)33(44-34)39-18-25-7-14-31(15-8-25)50(37,48)49/h2-9,14-16,20-23,29-30H,10-13,18-19H2,1H3,(H,41,47)(H2,37,48,49)(H2,39,40,43,44). The average Bonchev–Trinajstić information content (AvgIpc) is 3.57. The van der Waals surface area contributed by atoms with E-state index in [0.29, 0.717) is 30.7 Å². The number of benzene rings is 2. The third-order valence-electron chi connectivity index (χ3n) is 8.55. The number of primary sulfonamides is 1. The summed E-state index contributed by atoms with van der Waals surface area (Å²) in [6, 6.07) is 21.6. The molecule has 0 aliphatic heterocycles. The summed E-state index contributed by atoms with van der Waals surface area (Å²) in [6.07, 6.45) is 9.88. The van der Waals surface area contributed by atoms with Crippen LogP contribution in [-0.2, 0) is 30.2 Å². The van der Waals surface area contributed by atoms with Crippen LogP contribution in [0.3, 0.4) is 0 Å². The lowest BCUT2D eigenvalue weighted by atomic mass is 9.90. The van der Waals surface area contributed by atoms with Gasteiger partial charge in [-0.3, -0.25) is 9.58 Å². The highest BCUT2D eigenvalue weighted by Gasteiger charge is 2.31. The molecular formula is C35H37N11O3S. The molecule has 0 spiro atoms. The minimum atomic E-state index is -3.79. The summed E-state index contributed by atoms with van der Waals surface area (Å²) in [6.45, 7) is 0.703. The summed E-state index contributed by atoms with van der Waals surface area (Å²) in [7, 11) is -1.93. The minimum absolute atomic E-state index is 0.0214. The molecule has 1 aliphatic carbocycles. The lowest BCUT2D eigenvalue weighted by Crippen LogP contribution is -2.49. The molecular weight excluding hydrogens is 655 g/mol. The SMILES string of the molecule is Cn1cc(-c2ccc(N(C(=O)NCc3ccccc3)C3CCC(Nc4ncc(C#N)c(NCc5ccc(S(N)(=O)=O)cc5)n4)CC3)nc2)cn1. The number of rotatable bonds is 11. The number of nitrogens with zero attached hydrogens (tertiary/aromatic N) is 7. The molecule has 256 valence electrons. The van der Waals surface area contributed by atoms with Gasteiger partial charge in [-0.1, -0.05) is 42.5 Å². The van der Waals surface area contributed by atoms with Gasteiger partial charge in [0.1, 0.15) is 23.3 Å². The van der Waals surface area contributed by atoms with E-state index in [-0.39, 0.29) is 28.6 Å². The van der Waals surface area contributed by atoms with Crippen LogP contribution in [0.15, 0.2) is 96.4 Å². The maximum absolute atomic E-state index is 13.7. The van der Waals surface area contributed by atoms with Crippen LogP contribution in [0.2, 0.25) is 0 Å². The number of pyridine rings is 1. The zero-order chi connectivity index (χ0) is 35.1. The normalized spacial score (nSPS) is 15.9. The van der Waals surface area contributed by atoms with Crippen molar-refractivity contribution in [2.45, 2.75) is 55.8 Å². The first kappa shape index (κ1) is 34.0. The number of anilines is 3. The number of aromatic nitrogens is 5. The van der Waals surface area contributed by atoms with Gasteiger partial charge in [-0.05, 0) is 61.1 Å². The molecule has 50 heavy (non-hydrogen) atoms. The highest BCUT2D eigenvalue weighted by Crippen LogP contribution is 2.30. The first-order chi connectivity index (χ1) is 24.2. The Bertz CT molecular complexity index is 2070. The van der Waals surface area contributed by atoms with Crippen molar-refractivity contribution in [3.8, 4) is 17.2 Å². The number of hydrogen-bond acceptors (Lipinski definition) is 10. The predicted octanol–water partition coefficient (Wildman–Crippen LogP) is 4.54. The van der Waals surface area contributed by atoms with E-state index < -0.39 is 10.0 Å². The average molecular weight is 692 g/mol. The van der Waals surface area contributed by atoms with Gasteiger partial charge in [0.05, 0.1) is 17.3 Å². The summed E-state index contributed by atoms with van der Waals surface area (Å²) in [5.74, 6) is 1.31. The van der Waals surface area contributed by atoms with E-state index in [0.717, 1.165) is 47.9 Å². The van der Waals surface area contributed by atoms with E-state index in [2.05, 4.69) is 37.1 Å². The van der Waals surface area contributed by atoms with E-state index in [1.807, 2.05) is 55.7 Å². The van der Waals surface area contributed by atoms with Gasteiger partial charge in [0.15, 0.2) is 0 Å². The van der Waals surface area contributed by atoms with Crippen LogP contribution in [0.5, 0.6) is 0 Å². The maximum Gasteiger partial charge on any atom is 0.323 e. The van der Waals surface area contributed by atoms with Crippen molar-refractivity contribution in [3.05, 3.63) is 108 Å². The number of amides is 2. The molecule has 1 fully saturated rings. The number of urea groups is 1. The molecule has 5 N–H and O–H groups in total. The van der Waals surface area contributed by atoms with Crippen molar-refractivity contribution in [2.75, 3.05) is 15.5 Å². The first-order valence-corrected chi connectivity index (χ1v) is 17.7. The second-order valence-corrected chi connectivity index (χ2v) is 13.6. The fourth-order valence-corrected chi connectivity index (χ4v) is 6.41. The van der Waals surface area contributed by atoms with Crippen LogP contribution >= 0.6 is 0 Å². The van der Waals surface area contributed by atoms with Gasteiger partial charge in [-0.15, -0.1) is 0 Å². The fraction of sp³-hybridized carbons (Fsp3) is 0.257.